The summed E-state index contributed by atoms with van der Waals surface area (Å²) in [6.45, 7) is -2.42. The number of amides is 1. The van der Waals surface area contributed by atoms with E-state index < -0.39 is 6.61 Å². The fourth-order valence-corrected chi connectivity index (χ4v) is 2.32. The fraction of sp³-hybridized carbons (Fsp3) is 0.167. The van der Waals surface area contributed by atoms with Gasteiger partial charge in [0.1, 0.15) is 5.75 Å². The van der Waals surface area contributed by atoms with Gasteiger partial charge in [-0.2, -0.15) is 8.78 Å². The summed E-state index contributed by atoms with van der Waals surface area (Å²) in [6.07, 6.45) is 3.61. The van der Waals surface area contributed by atoms with Crippen molar-refractivity contribution in [2.45, 2.75) is 13.0 Å². The standard InChI is InChI=1S/C18H15Cl2F2NO2/c19-15-7-3-13(11-16(15)20)4-8-17(24)23-10-9-12-1-5-14(6-2-12)25-18(21)22/h1-8,11,18H,9-10H2,(H,23,24)/b8-4+. The van der Waals surface area contributed by atoms with Crippen LogP contribution >= 0.6 is 23.2 Å². The molecule has 132 valence electrons. The molecule has 0 fully saturated rings. The summed E-state index contributed by atoms with van der Waals surface area (Å²) in [5.41, 5.74) is 1.66. The molecule has 0 aliphatic carbocycles. The van der Waals surface area contributed by atoms with E-state index in [0.717, 1.165) is 11.1 Å². The van der Waals surface area contributed by atoms with Gasteiger partial charge in [0.05, 0.1) is 10.0 Å². The zero-order valence-corrected chi connectivity index (χ0v) is 14.5. The summed E-state index contributed by atoms with van der Waals surface area (Å²) in [6, 6.07) is 11.4. The minimum Gasteiger partial charge on any atom is -0.435 e. The summed E-state index contributed by atoms with van der Waals surface area (Å²) < 4.78 is 28.4. The molecule has 0 aliphatic heterocycles. The quantitative estimate of drug-likeness (QED) is 0.683. The Kier molecular flexibility index (Phi) is 7.22. The van der Waals surface area contributed by atoms with E-state index in [2.05, 4.69) is 10.1 Å². The van der Waals surface area contributed by atoms with E-state index in [1.165, 1.54) is 18.2 Å². The van der Waals surface area contributed by atoms with Crippen LogP contribution in [-0.2, 0) is 11.2 Å². The van der Waals surface area contributed by atoms with Crippen molar-refractivity contribution in [3.05, 3.63) is 69.7 Å². The number of rotatable bonds is 7. The van der Waals surface area contributed by atoms with Crippen molar-refractivity contribution in [3.8, 4) is 5.75 Å². The molecule has 0 spiro atoms. The average molecular weight is 386 g/mol. The van der Waals surface area contributed by atoms with E-state index in [9.17, 15) is 13.6 Å². The first-order valence-electron chi connectivity index (χ1n) is 7.39. The number of hydrogen-bond donors (Lipinski definition) is 1. The Labute approximate surface area is 154 Å². The molecule has 0 aliphatic rings. The zero-order valence-electron chi connectivity index (χ0n) is 13.0. The monoisotopic (exact) mass is 385 g/mol. The number of carbonyl (C=O) groups excluding carboxylic acids is 1. The van der Waals surface area contributed by atoms with Crippen LogP contribution in [0.15, 0.2) is 48.5 Å². The lowest BCUT2D eigenvalue weighted by Gasteiger charge is -2.06. The largest absolute Gasteiger partial charge is 0.435 e. The van der Waals surface area contributed by atoms with E-state index in [-0.39, 0.29) is 11.7 Å². The van der Waals surface area contributed by atoms with Crippen LogP contribution < -0.4 is 10.1 Å². The lowest BCUT2D eigenvalue weighted by Crippen LogP contribution is -2.23. The van der Waals surface area contributed by atoms with Gasteiger partial charge in [-0.3, -0.25) is 4.79 Å². The van der Waals surface area contributed by atoms with Crippen molar-refractivity contribution in [2.24, 2.45) is 0 Å². The molecular formula is C18H15Cl2F2NO2. The van der Waals surface area contributed by atoms with Gasteiger partial charge in [0.25, 0.3) is 0 Å². The number of benzene rings is 2. The maximum atomic E-state index is 12.1. The molecule has 0 aromatic heterocycles. The predicted octanol–water partition coefficient (Wildman–Crippen LogP) is 4.97. The molecule has 1 amide bonds. The van der Waals surface area contributed by atoms with Crippen LogP contribution in [0.5, 0.6) is 5.75 Å². The first-order chi connectivity index (χ1) is 11.9. The van der Waals surface area contributed by atoms with Crippen molar-refractivity contribution < 1.29 is 18.3 Å². The highest BCUT2D eigenvalue weighted by Crippen LogP contribution is 2.23. The van der Waals surface area contributed by atoms with E-state index in [1.54, 1.807) is 36.4 Å². The van der Waals surface area contributed by atoms with Gasteiger partial charge in [-0.1, -0.05) is 41.4 Å². The SMILES string of the molecule is O=C(/C=C/c1ccc(Cl)c(Cl)c1)NCCc1ccc(OC(F)F)cc1. The van der Waals surface area contributed by atoms with Gasteiger partial charge in [-0.25, -0.2) is 0 Å². The summed E-state index contributed by atoms with van der Waals surface area (Å²) in [5.74, 6) is -0.143. The third kappa shape index (κ3) is 6.72. The number of halogens is 4. The summed E-state index contributed by atoms with van der Waals surface area (Å²) in [7, 11) is 0. The zero-order chi connectivity index (χ0) is 18.2. The molecule has 2 aromatic rings. The highest BCUT2D eigenvalue weighted by Gasteiger charge is 2.04. The van der Waals surface area contributed by atoms with E-state index in [1.807, 2.05) is 0 Å². The van der Waals surface area contributed by atoms with Crippen molar-refractivity contribution in [1.82, 2.24) is 5.32 Å². The van der Waals surface area contributed by atoms with Gasteiger partial charge in [0.2, 0.25) is 5.91 Å². The maximum Gasteiger partial charge on any atom is 0.387 e. The lowest BCUT2D eigenvalue weighted by atomic mass is 10.1. The number of hydrogen-bond acceptors (Lipinski definition) is 2. The second kappa shape index (κ2) is 9.39. The normalized spacial score (nSPS) is 11.1. The van der Waals surface area contributed by atoms with Crippen molar-refractivity contribution in [3.63, 3.8) is 0 Å². The Hall–Kier alpha value is -2.11. The molecule has 25 heavy (non-hydrogen) atoms. The van der Waals surface area contributed by atoms with Crippen LogP contribution in [0, 0.1) is 0 Å². The molecule has 0 saturated heterocycles. The summed E-state index contributed by atoms with van der Waals surface area (Å²) in [5, 5.41) is 3.61. The minimum absolute atomic E-state index is 0.104. The smallest absolute Gasteiger partial charge is 0.387 e. The van der Waals surface area contributed by atoms with Crippen LogP contribution in [0.2, 0.25) is 10.0 Å². The molecule has 0 saturated carbocycles. The number of ether oxygens (including phenoxy) is 1. The van der Waals surface area contributed by atoms with Crippen LogP contribution in [0.3, 0.4) is 0 Å². The van der Waals surface area contributed by atoms with E-state index in [0.29, 0.717) is 23.0 Å². The van der Waals surface area contributed by atoms with Gasteiger partial charge in [0, 0.05) is 12.6 Å². The molecule has 2 aromatic carbocycles. The molecule has 0 bridgehead atoms. The molecule has 0 unspecified atom stereocenters. The van der Waals surface area contributed by atoms with Gasteiger partial charge in [-0.15, -0.1) is 0 Å². The second-order valence-corrected chi connectivity index (χ2v) is 5.88. The van der Waals surface area contributed by atoms with Crippen molar-refractivity contribution in [1.29, 1.82) is 0 Å². The van der Waals surface area contributed by atoms with Crippen LogP contribution in [0.4, 0.5) is 8.78 Å². The van der Waals surface area contributed by atoms with Crippen LogP contribution in [-0.4, -0.2) is 19.1 Å². The number of carbonyl (C=O) groups is 1. The van der Waals surface area contributed by atoms with Gasteiger partial charge < -0.3 is 10.1 Å². The highest BCUT2D eigenvalue weighted by molar-refractivity contribution is 6.42. The summed E-state index contributed by atoms with van der Waals surface area (Å²) in [4.78, 5) is 11.8. The Morgan fingerprint density at radius 1 is 1.12 bits per heavy atom. The molecule has 7 heteroatoms. The first kappa shape index (κ1) is 19.2. The maximum absolute atomic E-state index is 12.1. The Bertz CT molecular complexity index is 749. The van der Waals surface area contributed by atoms with Crippen LogP contribution in [0.1, 0.15) is 11.1 Å². The third-order valence-corrected chi connectivity index (χ3v) is 3.97. The van der Waals surface area contributed by atoms with Crippen molar-refractivity contribution in [2.75, 3.05) is 6.54 Å². The van der Waals surface area contributed by atoms with E-state index in [4.69, 9.17) is 23.2 Å². The molecule has 0 atom stereocenters. The number of nitrogens with one attached hydrogen (secondary N) is 1. The highest BCUT2D eigenvalue weighted by atomic mass is 35.5. The fourth-order valence-electron chi connectivity index (χ4n) is 2.01. The van der Waals surface area contributed by atoms with Crippen LogP contribution in [0.25, 0.3) is 6.08 Å². The van der Waals surface area contributed by atoms with Gasteiger partial charge >= 0.3 is 6.61 Å². The minimum atomic E-state index is -2.84. The molecule has 2 rings (SSSR count). The Morgan fingerprint density at radius 2 is 1.84 bits per heavy atom. The molecule has 0 heterocycles. The first-order valence-corrected chi connectivity index (χ1v) is 8.14. The lowest BCUT2D eigenvalue weighted by molar-refractivity contribution is -0.116. The molecule has 3 nitrogen and oxygen atoms in total. The Morgan fingerprint density at radius 3 is 2.48 bits per heavy atom. The summed E-state index contributed by atoms with van der Waals surface area (Å²) >= 11 is 11.7. The third-order valence-electron chi connectivity index (χ3n) is 3.23. The predicted molar refractivity (Wildman–Crippen MR) is 95.3 cm³/mol. The second-order valence-electron chi connectivity index (χ2n) is 5.07. The van der Waals surface area contributed by atoms with Crippen molar-refractivity contribution >= 4 is 35.2 Å². The molecule has 1 N–H and O–H groups in total. The number of alkyl halides is 2. The van der Waals surface area contributed by atoms with Gasteiger partial charge in [-0.05, 0) is 47.9 Å². The topological polar surface area (TPSA) is 38.3 Å². The molecule has 0 radical (unpaired) electrons. The van der Waals surface area contributed by atoms with E-state index >= 15 is 0 Å². The average Bonchev–Trinajstić information content (AvgIpc) is 2.57. The molecular weight excluding hydrogens is 371 g/mol. The Balaban J connectivity index is 1.78. The van der Waals surface area contributed by atoms with Gasteiger partial charge in [0.15, 0.2) is 0 Å².